The molecule has 0 bridgehead atoms. The van der Waals surface area contributed by atoms with E-state index in [4.69, 9.17) is 5.73 Å². The third-order valence-electron chi connectivity index (χ3n) is 2.59. The minimum Gasteiger partial charge on any atom is -0.397 e. The zero-order chi connectivity index (χ0) is 12.4. The van der Waals surface area contributed by atoms with Gasteiger partial charge < -0.3 is 16.0 Å². The van der Waals surface area contributed by atoms with Gasteiger partial charge in [0.05, 0.1) is 6.54 Å². The number of H-pyrrole nitrogens is 1. The largest absolute Gasteiger partial charge is 0.397 e. The molecule has 0 radical (unpaired) electrons. The van der Waals surface area contributed by atoms with Crippen molar-refractivity contribution >= 4 is 22.9 Å². The molecule has 0 aliphatic rings. The summed E-state index contributed by atoms with van der Waals surface area (Å²) < 4.78 is 0. The molecule has 0 atom stereocenters. The Balaban J connectivity index is 1.96. The lowest BCUT2D eigenvalue weighted by Gasteiger charge is -2.00. The monoisotopic (exact) mass is 249 g/mol. The molecule has 2 aromatic heterocycles. The van der Waals surface area contributed by atoms with E-state index in [9.17, 15) is 4.79 Å². The number of nitrogens with one attached hydrogen (secondary N) is 2. The molecule has 4 N–H and O–H groups in total. The van der Waals surface area contributed by atoms with Crippen LogP contribution in [0.25, 0.3) is 0 Å². The van der Waals surface area contributed by atoms with Crippen molar-refractivity contribution < 1.29 is 4.79 Å². The predicted octanol–water partition coefficient (Wildman–Crippen LogP) is 2.21. The Hall–Kier alpha value is -1.75. The summed E-state index contributed by atoms with van der Waals surface area (Å²) in [6.45, 7) is 4.71. The summed E-state index contributed by atoms with van der Waals surface area (Å²) in [7, 11) is 0. The average Bonchev–Trinajstić information content (AvgIpc) is 2.83. The first-order valence-electron chi connectivity index (χ1n) is 5.34. The standard InChI is InChI=1S/C12H15N3OS/c1-7-3-10(17-8(7)2)6-15-12(16)11-4-9(13)5-14-11/h3-5,14H,6,13H2,1-2H3,(H,15,16). The van der Waals surface area contributed by atoms with Gasteiger partial charge in [0.1, 0.15) is 5.69 Å². The maximum Gasteiger partial charge on any atom is 0.268 e. The molecule has 0 spiro atoms. The SMILES string of the molecule is Cc1cc(CNC(=O)c2cc(N)c[nH]2)sc1C. The van der Waals surface area contributed by atoms with E-state index in [0.29, 0.717) is 17.9 Å². The van der Waals surface area contributed by atoms with E-state index in [0.717, 1.165) is 4.88 Å². The van der Waals surface area contributed by atoms with Crippen molar-refractivity contribution in [2.75, 3.05) is 5.73 Å². The molecule has 0 saturated carbocycles. The first-order chi connectivity index (χ1) is 8.06. The van der Waals surface area contributed by atoms with E-state index in [1.54, 1.807) is 23.6 Å². The molecule has 0 saturated heterocycles. The lowest BCUT2D eigenvalue weighted by molar-refractivity contribution is 0.0947. The second kappa shape index (κ2) is 4.63. The lowest BCUT2D eigenvalue weighted by Crippen LogP contribution is -2.22. The van der Waals surface area contributed by atoms with Crippen LogP contribution in [0.4, 0.5) is 5.69 Å². The molecule has 0 unspecified atom stereocenters. The van der Waals surface area contributed by atoms with Gasteiger partial charge in [0, 0.05) is 21.6 Å². The number of aryl methyl sites for hydroxylation is 2. The molecule has 2 aromatic rings. The van der Waals surface area contributed by atoms with Crippen molar-refractivity contribution in [3.63, 3.8) is 0 Å². The third kappa shape index (κ3) is 2.68. The van der Waals surface area contributed by atoms with Crippen molar-refractivity contribution in [3.8, 4) is 0 Å². The molecular formula is C12H15N3OS. The summed E-state index contributed by atoms with van der Waals surface area (Å²) in [6, 6.07) is 3.73. The normalized spacial score (nSPS) is 10.5. The number of hydrogen-bond donors (Lipinski definition) is 3. The quantitative estimate of drug-likeness (QED) is 0.780. The fraction of sp³-hybridized carbons (Fsp3) is 0.250. The molecule has 0 aliphatic carbocycles. The van der Waals surface area contributed by atoms with E-state index in [-0.39, 0.29) is 5.91 Å². The number of nitrogens with two attached hydrogens (primary N) is 1. The Morgan fingerprint density at radius 1 is 1.47 bits per heavy atom. The number of rotatable bonds is 3. The maximum absolute atomic E-state index is 11.7. The van der Waals surface area contributed by atoms with Crippen LogP contribution in [0.1, 0.15) is 25.8 Å². The molecule has 2 rings (SSSR count). The van der Waals surface area contributed by atoms with Crippen LogP contribution in [0.3, 0.4) is 0 Å². The Morgan fingerprint density at radius 3 is 2.76 bits per heavy atom. The number of hydrogen-bond acceptors (Lipinski definition) is 3. The van der Waals surface area contributed by atoms with Gasteiger partial charge >= 0.3 is 0 Å². The molecule has 0 fully saturated rings. The molecular weight excluding hydrogens is 234 g/mol. The number of anilines is 1. The van der Waals surface area contributed by atoms with Crippen LogP contribution < -0.4 is 11.1 Å². The fourth-order valence-electron chi connectivity index (χ4n) is 1.54. The summed E-state index contributed by atoms with van der Waals surface area (Å²) in [5, 5.41) is 2.85. The van der Waals surface area contributed by atoms with Gasteiger partial charge in [-0.05, 0) is 31.5 Å². The highest BCUT2D eigenvalue weighted by Crippen LogP contribution is 2.20. The number of aromatic nitrogens is 1. The van der Waals surface area contributed by atoms with Crippen LogP contribution in [0.5, 0.6) is 0 Å². The van der Waals surface area contributed by atoms with Crippen LogP contribution in [0, 0.1) is 13.8 Å². The molecule has 5 heteroatoms. The molecule has 4 nitrogen and oxygen atoms in total. The number of thiophene rings is 1. The van der Waals surface area contributed by atoms with Crippen molar-refractivity contribution in [2.45, 2.75) is 20.4 Å². The Morgan fingerprint density at radius 2 is 2.24 bits per heavy atom. The van der Waals surface area contributed by atoms with Gasteiger partial charge in [0.15, 0.2) is 0 Å². The number of nitrogen functional groups attached to an aromatic ring is 1. The maximum atomic E-state index is 11.7. The second-order valence-corrected chi connectivity index (χ2v) is 5.32. The third-order valence-corrected chi connectivity index (χ3v) is 3.74. The highest BCUT2D eigenvalue weighted by atomic mass is 32.1. The molecule has 0 aromatic carbocycles. The van der Waals surface area contributed by atoms with Crippen LogP contribution in [-0.4, -0.2) is 10.9 Å². The fourth-order valence-corrected chi connectivity index (χ4v) is 2.53. The van der Waals surface area contributed by atoms with Gasteiger partial charge in [-0.1, -0.05) is 0 Å². The van der Waals surface area contributed by atoms with Gasteiger partial charge in [-0.15, -0.1) is 11.3 Å². The van der Waals surface area contributed by atoms with E-state index in [1.807, 2.05) is 0 Å². The summed E-state index contributed by atoms with van der Waals surface area (Å²) in [6.07, 6.45) is 1.61. The minimum absolute atomic E-state index is 0.134. The molecule has 2 heterocycles. The van der Waals surface area contributed by atoms with E-state index in [1.165, 1.54) is 10.4 Å². The van der Waals surface area contributed by atoms with E-state index in [2.05, 4.69) is 30.2 Å². The zero-order valence-electron chi connectivity index (χ0n) is 9.83. The molecule has 17 heavy (non-hydrogen) atoms. The molecule has 90 valence electrons. The van der Waals surface area contributed by atoms with Crippen molar-refractivity contribution in [1.82, 2.24) is 10.3 Å². The highest BCUT2D eigenvalue weighted by Gasteiger charge is 2.08. The first kappa shape index (κ1) is 11.7. The number of carbonyl (C=O) groups excluding carboxylic acids is 1. The summed E-state index contributed by atoms with van der Waals surface area (Å²) in [4.78, 5) is 17.0. The Kier molecular flexibility index (Phi) is 3.19. The molecule has 0 aliphatic heterocycles. The van der Waals surface area contributed by atoms with Crippen LogP contribution in [0.15, 0.2) is 18.3 Å². The first-order valence-corrected chi connectivity index (χ1v) is 6.16. The van der Waals surface area contributed by atoms with E-state index >= 15 is 0 Å². The summed E-state index contributed by atoms with van der Waals surface area (Å²) in [5.41, 5.74) is 7.87. The molecule has 1 amide bonds. The average molecular weight is 249 g/mol. The van der Waals surface area contributed by atoms with Gasteiger partial charge in [0.2, 0.25) is 0 Å². The Bertz CT molecular complexity index is 522. The summed E-state index contributed by atoms with van der Waals surface area (Å²) >= 11 is 1.71. The van der Waals surface area contributed by atoms with Crippen LogP contribution >= 0.6 is 11.3 Å². The second-order valence-electron chi connectivity index (χ2n) is 3.98. The predicted molar refractivity (Wildman–Crippen MR) is 70.2 cm³/mol. The minimum atomic E-state index is -0.134. The highest BCUT2D eigenvalue weighted by molar-refractivity contribution is 7.12. The Labute approximate surface area is 104 Å². The van der Waals surface area contributed by atoms with Gasteiger partial charge in [0.25, 0.3) is 5.91 Å². The zero-order valence-corrected chi connectivity index (χ0v) is 10.6. The van der Waals surface area contributed by atoms with Crippen LogP contribution in [0.2, 0.25) is 0 Å². The van der Waals surface area contributed by atoms with Gasteiger partial charge in [-0.25, -0.2) is 0 Å². The van der Waals surface area contributed by atoms with Crippen molar-refractivity contribution in [2.24, 2.45) is 0 Å². The summed E-state index contributed by atoms with van der Waals surface area (Å²) in [5.74, 6) is -0.134. The van der Waals surface area contributed by atoms with E-state index < -0.39 is 0 Å². The van der Waals surface area contributed by atoms with Gasteiger partial charge in [-0.3, -0.25) is 4.79 Å². The van der Waals surface area contributed by atoms with Crippen molar-refractivity contribution in [3.05, 3.63) is 39.3 Å². The number of aromatic amines is 1. The lowest BCUT2D eigenvalue weighted by atomic mass is 10.3. The van der Waals surface area contributed by atoms with Gasteiger partial charge in [-0.2, -0.15) is 0 Å². The number of carbonyl (C=O) groups is 1. The number of amides is 1. The smallest absolute Gasteiger partial charge is 0.268 e. The van der Waals surface area contributed by atoms with Crippen LogP contribution in [-0.2, 0) is 6.54 Å². The van der Waals surface area contributed by atoms with Crippen molar-refractivity contribution in [1.29, 1.82) is 0 Å². The topological polar surface area (TPSA) is 70.9 Å².